The Morgan fingerprint density at radius 2 is 1.74 bits per heavy atom. The number of carbonyl (C=O) groups excluding carboxylic acids is 2. The highest BCUT2D eigenvalue weighted by atomic mass is 32.1. The smallest absolute Gasteiger partial charge is 0.413 e. The standard InChI is InChI=1S/C25H23N3O5S/c1-14(23(30)31)15-11-28(12-15)22(29)21-10-26-24(34-21)27-25(32)33-13-20-18-8-4-2-6-16(18)17-7-3-5-9-19(17)20/h2-10,14-15,20H,11-13H2,1H3,(H,30,31)(H,26,27,32). The van der Waals surface area contributed by atoms with Crippen LogP contribution in [0.2, 0.25) is 0 Å². The van der Waals surface area contributed by atoms with Gasteiger partial charge in [0.05, 0.1) is 12.1 Å². The molecule has 1 aliphatic heterocycles. The Bertz CT molecular complexity index is 1220. The van der Waals surface area contributed by atoms with Gasteiger partial charge in [-0.1, -0.05) is 66.8 Å². The Morgan fingerprint density at radius 1 is 1.12 bits per heavy atom. The zero-order valence-electron chi connectivity index (χ0n) is 18.4. The first-order valence-electron chi connectivity index (χ1n) is 11.0. The maximum absolute atomic E-state index is 12.6. The summed E-state index contributed by atoms with van der Waals surface area (Å²) in [5, 5.41) is 12.0. The van der Waals surface area contributed by atoms with Gasteiger partial charge in [0, 0.05) is 24.9 Å². The predicted octanol–water partition coefficient (Wildman–Crippen LogP) is 4.30. The third kappa shape index (κ3) is 4.03. The molecule has 0 bridgehead atoms. The van der Waals surface area contributed by atoms with E-state index in [1.54, 1.807) is 11.8 Å². The van der Waals surface area contributed by atoms with E-state index in [1.807, 2.05) is 24.3 Å². The van der Waals surface area contributed by atoms with Gasteiger partial charge >= 0.3 is 12.1 Å². The summed E-state index contributed by atoms with van der Waals surface area (Å²) in [6.07, 6.45) is 0.787. The number of aliphatic carboxylic acids is 1. The molecular weight excluding hydrogens is 454 g/mol. The van der Waals surface area contributed by atoms with Crippen LogP contribution in [0.5, 0.6) is 0 Å². The summed E-state index contributed by atoms with van der Waals surface area (Å²) in [6.45, 7) is 2.64. The van der Waals surface area contributed by atoms with Crippen molar-refractivity contribution in [3.63, 3.8) is 0 Å². The lowest BCUT2D eigenvalue weighted by atomic mass is 9.87. The number of carboxylic acids is 1. The molecule has 174 valence electrons. The summed E-state index contributed by atoms with van der Waals surface area (Å²) in [5.74, 6) is -1.65. The predicted molar refractivity (Wildman–Crippen MR) is 127 cm³/mol. The van der Waals surface area contributed by atoms with Crippen molar-refractivity contribution in [3.05, 3.63) is 70.7 Å². The Morgan fingerprint density at radius 3 is 2.35 bits per heavy atom. The highest BCUT2D eigenvalue weighted by Gasteiger charge is 2.38. The number of amides is 2. The fourth-order valence-electron chi connectivity index (χ4n) is 4.50. The summed E-state index contributed by atoms with van der Waals surface area (Å²) in [4.78, 5) is 42.2. The van der Waals surface area contributed by atoms with E-state index >= 15 is 0 Å². The second-order valence-electron chi connectivity index (χ2n) is 8.58. The number of fused-ring (bicyclic) bond motifs is 3. The number of hydrogen-bond donors (Lipinski definition) is 2. The minimum Gasteiger partial charge on any atom is -0.481 e. The number of nitrogens with one attached hydrogen (secondary N) is 1. The molecule has 0 radical (unpaired) electrons. The molecule has 0 saturated carbocycles. The minimum absolute atomic E-state index is 0.0425. The van der Waals surface area contributed by atoms with E-state index in [-0.39, 0.29) is 29.5 Å². The number of anilines is 1. The number of nitrogens with zero attached hydrogens (tertiary/aromatic N) is 2. The Kier molecular flexibility index (Phi) is 5.79. The fourth-order valence-corrected chi connectivity index (χ4v) is 5.27. The normalized spacial score (nSPS) is 15.7. The third-order valence-corrected chi connectivity index (χ3v) is 7.46. The zero-order chi connectivity index (χ0) is 23.8. The van der Waals surface area contributed by atoms with E-state index in [2.05, 4.69) is 34.6 Å². The third-order valence-electron chi connectivity index (χ3n) is 6.56. The van der Waals surface area contributed by atoms with Gasteiger partial charge in [-0.05, 0) is 22.3 Å². The molecule has 2 heterocycles. The van der Waals surface area contributed by atoms with Crippen molar-refractivity contribution in [2.24, 2.45) is 11.8 Å². The van der Waals surface area contributed by atoms with Crippen molar-refractivity contribution in [2.75, 3.05) is 25.0 Å². The van der Waals surface area contributed by atoms with Crippen LogP contribution in [-0.4, -0.2) is 52.7 Å². The molecule has 8 nitrogen and oxygen atoms in total. The van der Waals surface area contributed by atoms with Crippen molar-refractivity contribution >= 4 is 34.4 Å². The average Bonchev–Trinajstić information content (AvgIpc) is 3.39. The second kappa shape index (κ2) is 8.90. The molecule has 3 aromatic rings. The van der Waals surface area contributed by atoms with Crippen molar-refractivity contribution in [1.29, 1.82) is 0 Å². The Hall–Kier alpha value is -3.72. The van der Waals surface area contributed by atoms with Gasteiger partial charge in [0.2, 0.25) is 0 Å². The molecule has 9 heteroatoms. The zero-order valence-corrected chi connectivity index (χ0v) is 19.2. The van der Waals surface area contributed by atoms with Crippen molar-refractivity contribution in [2.45, 2.75) is 12.8 Å². The van der Waals surface area contributed by atoms with Crippen molar-refractivity contribution in [1.82, 2.24) is 9.88 Å². The van der Waals surface area contributed by atoms with Gasteiger partial charge in [-0.3, -0.25) is 14.9 Å². The molecule has 1 aliphatic carbocycles. The maximum Gasteiger partial charge on any atom is 0.413 e. The lowest BCUT2D eigenvalue weighted by Gasteiger charge is -2.40. The molecule has 1 atom stereocenters. The molecular formula is C25H23N3O5S. The van der Waals surface area contributed by atoms with Crippen LogP contribution in [0.3, 0.4) is 0 Å². The number of likely N-dealkylation sites (tertiary alicyclic amines) is 1. The average molecular weight is 478 g/mol. The summed E-state index contributed by atoms with van der Waals surface area (Å²) in [5.41, 5.74) is 4.56. The van der Waals surface area contributed by atoms with Gasteiger partial charge in [0.15, 0.2) is 5.13 Å². The van der Waals surface area contributed by atoms with Gasteiger partial charge in [0.25, 0.3) is 5.91 Å². The van der Waals surface area contributed by atoms with E-state index < -0.39 is 18.0 Å². The number of rotatable bonds is 6. The first-order valence-corrected chi connectivity index (χ1v) is 11.8. The number of carboxylic acid groups (broad SMARTS) is 1. The van der Waals surface area contributed by atoms with E-state index in [0.717, 1.165) is 33.6 Å². The highest BCUT2D eigenvalue weighted by Crippen LogP contribution is 2.44. The van der Waals surface area contributed by atoms with Crippen LogP contribution in [0.15, 0.2) is 54.7 Å². The van der Waals surface area contributed by atoms with Crippen LogP contribution in [0.4, 0.5) is 9.93 Å². The number of aromatic nitrogens is 1. The molecule has 1 unspecified atom stereocenters. The molecule has 2 aromatic carbocycles. The monoisotopic (exact) mass is 477 g/mol. The van der Waals surface area contributed by atoms with Gasteiger partial charge in [0.1, 0.15) is 11.5 Å². The van der Waals surface area contributed by atoms with Crippen LogP contribution in [0, 0.1) is 11.8 Å². The number of thiazole rings is 1. The fraction of sp³-hybridized carbons (Fsp3) is 0.280. The second-order valence-corrected chi connectivity index (χ2v) is 9.61. The molecule has 2 N–H and O–H groups in total. The van der Waals surface area contributed by atoms with Gasteiger partial charge in [-0.2, -0.15) is 0 Å². The molecule has 2 amide bonds. The van der Waals surface area contributed by atoms with Crippen LogP contribution in [-0.2, 0) is 9.53 Å². The van der Waals surface area contributed by atoms with Gasteiger partial charge in [-0.25, -0.2) is 9.78 Å². The van der Waals surface area contributed by atoms with E-state index in [9.17, 15) is 14.4 Å². The maximum atomic E-state index is 12.6. The highest BCUT2D eigenvalue weighted by molar-refractivity contribution is 7.17. The van der Waals surface area contributed by atoms with E-state index in [4.69, 9.17) is 9.84 Å². The van der Waals surface area contributed by atoms with Crippen LogP contribution in [0.25, 0.3) is 11.1 Å². The molecule has 2 aliphatic rings. The van der Waals surface area contributed by atoms with Crippen LogP contribution >= 0.6 is 11.3 Å². The topological polar surface area (TPSA) is 109 Å². The Balaban J connectivity index is 1.17. The number of ether oxygens (including phenoxy) is 1. The van der Waals surface area contributed by atoms with Gasteiger partial charge < -0.3 is 14.7 Å². The first kappa shape index (κ1) is 22.1. The molecule has 1 aromatic heterocycles. The van der Waals surface area contributed by atoms with Crippen LogP contribution < -0.4 is 5.32 Å². The van der Waals surface area contributed by atoms with Crippen LogP contribution in [0.1, 0.15) is 33.6 Å². The lowest BCUT2D eigenvalue weighted by Crippen LogP contribution is -2.53. The minimum atomic E-state index is -0.857. The quantitative estimate of drug-likeness (QED) is 0.548. The SMILES string of the molecule is CC(C(=O)O)C1CN(C(=O)c2cnc(NC(=O)OCC3c4ccccc4-c4ccccc43)s2)C1. The Labute approximate surface area is 200 Å². The summed E-state index contributed by atoms with van der Waals surface area (Å²) in [6, 6.07) is 16.2. The number of benzene rings is 2. The van der Waals surface area contributed by atoms with E-state index in [0.29, 0.717) is 18.0 Å². The summed E-state index contributed by atoms with van der Waals surface area (Å²) >= 11 is 1.07. The van der Waals surface area contributed by atoms with Crippen molar-refractivity contribution < 1.29 is 24.2 Å². The lowest BCUT2D eigenvalue weighted by molar-refractivity contribution is -0.144. The van der Waals surface area contributed by atoms with Crippen molar-refractivity contribution in [3.8, 4) is 11.1 Å². The molecule has 1 fully saturated rings. The largest absolute Gasteiger partial charge is 0.481 e. The van der Waals surface area contributed by atoms with Gasteiger partial charge in [-0.15, -0.1) is 0 Å². The summed E-state index contributed by atoms with van der Waals surface area (Å²) < 4.78 is 5.52. The molecule has 1 saturated heterocycles. The van der Waals surface area contributed by atoms with E-state index in [1.165, 1.54) is 6.20 Å². The summed E-state index contributed by atoms with van der Waals surface area (Å²) in [7, 11) is 0. The number of carbonyl (C=O) groups is 3. The molecule has 5 rings (SSSR count). The molecule has 34 heavy (non-hydrogen) atoms. The first-order chi connectivity index (χ1) is 16.4. The molecule has 0 spiro atoms. The number of hydrogen-bond acceptors (Lipinski definition) is 6.